The number of carboxylic acid groups (broad SMARTS) is 1. The Bertz CT molecular complexity index is 485. The molecule has 0 aliphatic rings. The highest BCUT2D eigenvalue weighted by molar-refractivity contribution is 5.85. The third-order valence-corrected chi connectivity index (χ3v) is 4.11. The number of carbonyl (C=O) groups is 2. The minimum atomic E-state index is -1.70. The fourth-order valence-corrected chi connectivity index (χ4v) is 2.07. The van der Waals surface area contributed by atoms with Gasteiger partial charge in [-0.2, -0.15) is 0 Å². The molecule has 21 heavy (non-hydrogen) atoms. The summed E-state index contributed by atoms with van der Waals surface area (Å²) >= 11 is 0. The van der Waals surface area contributed by atoms with Crippen LogP contribution in [0.5, 0.6) is 0 Å². The van der Waals surface area contributed by atoms with E-state index in [0.29, 0.717) is 6.42 Å². The predicted molar refractivity (Wildman–Crippen MR) is 77.4 cm³/mol. The van der Waals surface area contributed by atoms with Crippen molar-refractivity contribution in [2.45, 2.75) is 39.9 Å². The van der Waals surface area contributed by atoms with Crippen LogP contribution in [-0.4, -0.2) is 28.3 Å². The van der Waals surface area contributed by atoms with E-state index < -0.39 is 23.5 Å². The summed E-state index contributed by atoms with van der Waals surface area (Å²) in [5.41, 5.74) is -0.790. The normalized spacial score (nSPS) is 16.6. The van der Waals surface area contributed by atoms with E-state index in [-0.39, 0.29) is 12.5 Å². The first kappa shape index (κ1) is 17.2. The van der Waals surface area contributed by atoms with E-state index in [9.17, 15) is 19.8 Å². The summed E-state index contributed by atoms with van der Waals surface area (Å²) in [6, 6.07) is 9.01. The van der Waals surface area contributed by atoms with Gasteiger partial charge in [-0.3, -0.25) is 4.79 Å². The molecular weight excluding hydrogens is 272 g/mol. The molecule has 0 radical (unpaired) electrons. The van der Waals surface area contributed by atoms with Crippen LogP contribution in [0.3, 0.4) is 0 Å². The van der Waals surface area contributed by atoms with Gasteiger partial charge < -0.3 is 14.9 Å². The van der Waals surface area contributed by atoms with Crippen molar-refractivity contribution in [1.82, 2.24) is 0 Å². The summed E-state index contributed by atoms with van der Waals surface area (Å²) in [5, 5.41) is 19.5. The van der Waals surface area contributed by atoms with Gasteiger partial charge in [0.15, 0.2) is 6.10 Å². The van der Waals surface area contributed by atoms with Crippen LogP contribution in [0.4, 0.5) is 0 Å². The first-order chi connectivity index (χ1) is 9.83. The number of esters is 1. The van der Waals surface area contributed by atoms with Crippen LogP contribution in [0, 0.1) is 11.3 Å². The molecule has 5 heteroatoms. The Morgan fingerprint density at radius 1 is 1.29 bits per heavy atom. The van der Waals surface area contributed by atoms with Crippen LogP contribution < -0.4 is 0 Å². The highest BCUT2D eigenvalue weighted by Gasteiger charge is 2.49. The zero-order chi connectivity index (χ0) is 16.0. The number of aliphatic hydroxyl groups is 1. The Morgan fingerprint density at radius 3 is 2.33 bits per heavy atom. The van der Waals surface area contributed by atoms with Crippen molar-refractivity contribution < 1.29 is 24.5 Å². The molecule has 0 saturated carbocycles. The van der Waals surface area contributed by atoms with Gasteiger partial charge in [-0.1, -0.05) is 50.6 Å². The molecule has 1 aromatic rings. The quantitative estimate of drug-likeness (QED) is 0.753. The molecule has 0 spiro atoms. The van der Waals surface area contributed by atoms with E-state index in [0.717, 1.165) is 5.56 Å². The van der Waals surface area contributed by atoms with Crippen LogP contribution in [0.15, 0.2) is 30.3 Å². The molecule has 1 aromatic carbocycles. The molecule has 0 aromatic heterocycles. The van der Waals surface area contributed by atoms with Gasteiger partial charge in [0.05, 0.1) is 0 Å². The lowest BCUT2D eigenvalue weighted by atomic mass is 9.72. The summed E-state index contributed by atoms with van der Waals surface area (Å²) in [4.78, 5) is 23.4. The zero-order valence-corrected chi connectivity index (χ0v) is 12.6. The van der Waals surface area contributed by atoms with E-state index >= 15 is 0 Å². The predicted octanol–water partition coefficient (Wildman–Crippen LogP) is 2.23. The van der Waals surface area contributed by atoms with Crippen molar-refractivity contribution in [3.8, 4) is 0 Å². The van der Waals surface area contributed by atoms with Crippen LogP contribution >= 0.6 is 0 Å². The Kier molecular flexibility index (Phi) is 5.90. The van der Waals surface area contributed by atoms with Crippen molar-refractivity contribution in [2.75, 3.05) is 0 Å². The maximum atomic E-state index is 12.0. The van der Waals surface area contributed by atoms with E-state index in [2.05, 4.69) is 0 Å². The molecule has 0 amide bonds. The van der Waals surface area contributed by atoms with Crippen molar-refractivity contribution in [1.29, 1.82) is 0 Å². The number of carbonyl (C=O) groups excluding carboxylic acids is 1. The zero-order valence-electron chi connectivity index (χ0n) is 12.6. The molecule has 0 bridgehead atoms. The summed E-state index contributed by atoms with van der Waals surface area (Å²) < 4.78 is 5.03. The molecule has 0 fully saturated rings. The summed E-state index contributed by atoms with van der Waals surface area (Å²) in [6.07, 6.45) is -1.17. The van der Waals surface area contributed by atoms with Gasteiger partial charge in [-0.15, -0.1) is 0 Å². The maximum Gasteiger partial charge on any atom is 0.336 e. The van der Waals surface area contributed by atoms with Crippen LogP contribution in [0.25, 0.3) is 0 Å². The van der Waals surface area contributed by atoms with Gasteiger partial charge in [-0.25, -0.2) is 4.79 Å². The molecule has 0 heterocycles. The molecule has 1 rings (SSSR count). The van der Waals surface area contributed by atoms with Gasteiger partial charge in [0.2, 0.25) is 0 Å². The third kappa shape index (κ3) is 3.82. The lowest BCUT2D eigenvalue weighted by molar-refractivity contribution is -0.177. The summed E-state index contributed by atoms with van der Waals surface area (Å²) in [7, 11) is 0. The molecule has 5 nitrogen and oxygen atoms in total. The van der Waals surface area contributed by atoms with Crippen LogP contribution in [0.1, 0.15) is 32.8 Å². The molecule has 116 valence electrons. The number of rotatable bonds is 7. The molecule has 0 saturated heterocycles. The fourth-order valence-electron chi connectivity index (χ4n) is 2.07. The number of carboxylic acids is 1. The lowest BCUT2D eigenvalue weighted by Crippen LogP contribution is -2.49. The summed E-state index contributed by atoms with van der Waals surface area (Å²) in [6.45, 7) is 4.89. The number of hydrogen-bond donors (Lipinski definition) is 2. The molecule has 0 unspecified atom stereocenters. The maximum absolute atomic E-state index is 12.0. The minimum absolute atomic E-state index is 0.00688. The lowest BCUT2D eigenvalue weighted by Gasteiger charge is -2.33. The Morgan fingerprint density at radius 2 is 1.86 bits per heavy atom. The minimum Gasteiger partial charge on any atom is -0.481 e. The van der Waals surface area contributed by atoms with Crippen molar-refractivity contribution in [3.05, 3.63) is 35.9 Å². The summed E-state index contributed by atoms with van der Waals surface area (Å²) in [5.74, 6) is -2.49. The smallest absolute Gasteiger partial charge is 0.336 e. The number of hydrogen-bond acceptors (Lipinski definition) is 4. The van der Waals surface area contributed by atoms with Gasteiger partial charge >= 0.3 is 11.9 Å². The molecule has 0 aliphatic carbocycles. The van der Waals surface area contributed by atoms with E-state index in [1.165, 1.54) is 6.92 Å². The Labute approximate surface area is 124 Å². The number of benzene rings is 1. The first-order valence-electron chi connectivity index (χ1n) is 6.96. The SMILES string of the molecule is CC[C@H](C)[C@](C)(C(=O)O)[C@@H](O)C(=O)OCc1ccccc1. The molecular formula is C16H22O5. The second kappa shape index (κ2) is 7.22. The fraction of sp³-hybridized carbons (Fsp3) is 0.500. The number of aliphatic hydroxyl groups excluding tert-OH is 1. The van der Waals surface area contributed by atoms with E-state index in [4.69, 9.17) is 4.74 Å². The Balaban J connectivity index is 2.77. The highest BCUT2D eigenvalue weighted by atomic mass is 16.5. The number of ether oxygens (including phenoxy) is 1. The van der Waals surface area contributed by atoms with Crippen molar-refractivity contribution in [3.63, 3.8) is 0 Å². The van der Waals surface area contributed by atoms with E-state index in [1.54, 1.807) is 31.2 Å². The molecule has 3 atom stereocenters. The highest BCUT2D eigenvalue weighted by Crippen LogP contribution is 2.34. The molecule has 2 N–H and O–H groups in total. The second-order valence-corrected chi connectivity index (χ2v) is 5.39. The topological polar surface area (TPSA) is 83.8 Å². The largest absolute Gasteiger partial charge is 0.481 e. The van der Waals surface area contributed by atoms with Gasteiger partial charge in [0.25, 0.3) is 0 Å². The van der Waals surface area contributed by atoms with Crippen LogP contribution in [-0.2, 0) is 20.9 Å². The van der Waals surface area contributed by atoms with Gasteiger partial charge in [0, 0.05) is 0 Å². The van der Waals surface area contributed by atoms with Crippen molar-refractivity contribution >= 4 is 11.9 Å². The monoisotopic (exact) mass is 294 g/mol. The van der Waals surface area contributed by atoms with Crippen molar-refractivity contribution in [2.24, 2.45) is 11.3 Å². The van der Waals surface area contributed by atoms with Gasteiger partial charge in [0.1, 0.15) is 12.0 Å². The number of aliphatic carboxylic acids is 1. The average molecular weight is 294 g/mol. The first-order valence-corrected chi connectivity index (χ1v) is 6.96. The Hall–Kier alpha value is -1.88. The third-order valence-electron chi connectivity index (χ3n) is 4.11. The van der Waals surface area contributed by atoms with Crippen LogP contribution in [0.2, 0.25) is 0 Å². The van der Waals surface area contributed by atoms with E-state index in [1.807, 2.05) is 13.0 Å². The second-order valence-electron chi connectivity index (χ2n) is 5.39. The van der Waals surface area contributed by atoms with Gasteiger partial charge in [-0.05, 0) is 18.4 Å². The average Bonchev–Trinajstić information content (AvgIpc) is 2.50. The standard InChI is InChI=1S/C16H22O5/c1-4-11(2)16(3,15(19)20)13(17)14(18)21-10-12-8-6-5-7-9-12/h5-9,11,13,17H,4,10H2,1-3H3,(H,19,20)/t11-,13-,16-/m0/s1. The molecule has 0 aliphatic heterocycles.